The maximum absolute atomic E-state index is 10.4. The fourth-order valence-electron chi connectivity index (χ4n) is 1.96. The molecule has 1 aliphatic rings. The summed E-state index contributed by atoms with van der Waals surface area (Å²) in [4.78, 5) is 15.2. The number of piperazine rings is 1. The van der Waals surface area contributed by atoms with E-state index in [1.165, 1.54) is 0 Å². The van der Waals surface area contributed by atoms with Crippen LogP contribution in [0.5, 0.6) is 0 Å². The van der Waals surface area contributed by atoms with Crippen molar-refractivity contribution in [1.82, 2.24) is 9.80 Å². The topological polar surface area (TPSA) is 43.8 Å². The fourth-order valence-corrected chi connectivity index (χ4v) is 1.96. The molecular weight excluding hydrogens is 263 g/mol. The van der Waals surface area contributed by atoms with Gasteiger partial charge in [-0.3, -0.25) is 9.69 Å². The van der Waals surface area contributed by atoms with Crippen molar-refractivity contribution in [1.29, 1.82) is 0 Å². The van der Waals surface area contributed by atoms with Gasteiger partial charge in [0.1, 0.15) is 0 Å². The van der Waals surface area contributed by atoms with Gasteiger partial charge in [0.15, 0.2) is 0 Å². The van der Waals surface area contributed by atoms with E-state index in [1.807, 2.05) is 0 Å². The number of carbonyl (C=O) groups is 1. The largest absolute Gasteiger partial charge is 0.481 e. The normalized spacial score (nSPS) is 17.4. The number of nitrogens with zero attached hydrogens (tertiary/aromatic N) is 2. The predicted molar refractivity (Wildman–Crippen MR) is 74.5 cm³/mol. The molecule has 0 aliphatic carbocycles. The summed E-state index contributed by atoms with van der Waals surface area (Å²) in [5.41, 5.74) is 0. The van der Waals surface area contributed by atoms with Gasteiger partial charge in [-0.05, 0) is 26.8 Å². The molecule has 6 heteroatoms. The van der Waals surface area contributed by atoms with Crippen molar-refractivity contribution in [3.05, 3.63) is 0 Å². The van der Waals surface area contributed by atoms with Crippen molar-refractivity contribution in [3.63, 3.8) is 0 Å². The third-order valence-corrected chi connectivity index (χ3v) is 3.00. The van der Waals surface area contributed by atoms with Crippen molar-refractivity contribution in [2.45, 2.75) is 32.7 Å². The van der Waals surface area contributed by atoms with E-state index in [-0.39, 0.29) is 24.8 Å². The lowest BCUT2D eigenvalue weighted by atomic mass is 10.2. The number of halogens is 2. The van der Waals surface area contributed by atoms with Crippen molar-refractivity contribution in [2.24, 2.45) is 0 Å². The quantitative estimate of drug-likeness (QED) is 0.836. The minimum Gasteiger partial charge on any atom is -0.481 e. The van der Waals surface area contributed by atoms with Gasteiger partial charge < -0.3 is 10.0 Å². The summed E-state index contributed by atoms with van der Waals surface area (Å²) < 4.78 is 0. The van der Waals surface area contributed by atoms with Gasteiger partial charge >= 0.3 is 5.97 Å². The second-order valence-corrected chi connectivity index (χ2v) is 4.47. The first-order valence-corrected chi connectivity index (χ1v) is 5.78. The van der Waals surface area contributed by atoms with Crippen LogP contribution in [0.25, 0.3) is 0 Å². The van der Waals surface area contributed by atoms with Crippen LogP contribution in [0.3, 0.4) is 0 Å². The predicted octanol–water partition coefficient (Wildman–Crippen LogP) is 1.72. The minimum absolute atomic E-state index is 0. The van der Waals surface area contributed by atoms with Gasteiger partial charge in [0.25, 0.3) is 0 Å². The molecule has 1 N–H and O–H groups in total. The number of hydrogen-bond acceptors (Lipinski definition) is 3. The average Bonchev–Trinajstić information content (AvgIpc) is 2.18. The molecule has 1 aliphatic heterocycles. The van der Waals surface area contributed by atoms with Gasteiger partial charge in [-0.25, -0.2) is 0 Å². The number of carboxylic acids is 1. The van der Waals surface area contributed by atoms with Crippen molar-refractivity contribution < 1.29 is 9.90 Å². The van der Waals surface area contributed by atoms with Crippen LogP contribution in [-0.4, -0.2) is 59.6 Å². The molecule has 104 valence electrons. The Morgan fingerprint density at radius 3 is 2.12 bits per heavy atom. The van der Waals surface area contributed by atoms with Crippen LogP contribution >= 0.6 is 24.8 Å². The molecule has 0 aromatic heterocycles. The molecular formula is C11H24Cl2N2O2. The highest BCUT2D eigenvalue weighted by Crippen LogP contribution is 2.06. The van der Waals surface area contributed by atoms with E-state index in [0.717, 1.165) is 39.1 Å². The Bertz CT molecular complexity index is 208. The van der Waals surface area contributed by atoms with Gasteiger partial charge in [-0.2, -0.15) is 0 Å². The summed E-state index contributed by atoms with van der Waals surface area (Å²) >= 11 is 0. The minimum atomic E-state index is -0.684. The Morgan fingerprint density at radius 2 is 1.71 bits per heavy atom. The molecule has 0 atom stereocenters. The molecule has 0 unspecified atom stereocenters. The molecule has 17 heavy (non-hydrogen) atoms. The van der Waals surface area contributed by atoms with E-state index in [2.05, 4.69) is 23.6 Å². The smallest absolute Gasteiger partial charge is 0.303 e. The number of carboxylic acid groups (broad SMARTS) is 1. The Labute approximate surface area is 116 Å². The molecule has 1 rings (SSSR count). The van der Waals surface area contributed by atoms with Gasteiger partial charge in [0, 0.05) is 38.6 Å². The second kappa shape index (κ2) is 9.95. The summed E-state index contributed by atoms with van der Waals surface area (Å²) in [6.45, 7) is 9.77. The Kier molecular flexibility index (Phi) is 11.3. The van der Waals surface area contributed by atoms with E-state index in [9.17, 15) is 4.79 Å². The van der Waals surface area contributed by atoms with E-state index >= 15 is 0 Å². The first-order chi connectivity index (χ1) is 7.09. The molecule has 1 saturated heterocycles. The highest BCUT2D eigenvalue weighted by atomic mass is 35.5. The number of hydrogen-bond donors (Lipinski definition) is 1. The lowest BCUT2D eigenvalue weighted by molar-refractivity contribution is -0.137. The first-order valence-electron chi connectivity index (χ1n) is 5.78. The Balaban J connectivity index is 0. The zero-order valence-corrected chi connectivity index (χ0v) is 12.2. The molecule has 0 aromatic rings. The standard InChI is InChI=1S/C11H22N2O2.2ClH/c1-10(2)13-8-6-12(7-9-13)5-3-4-11(14)15;;/h10H,3-9H2,1-2H3,(H,14,15);2*1H. The van der Waals surface area contributed by atoms with E-state index < -0.39 is 5.97 Å². The molecule has 0 aromatic carbocycles. The van der Waals surface area contributed by atoms with Crippen LogP contribution in [0, 0.1) is 0 Å². The van der Waals surface area contributed by atoms with Crippen LogP contribution in [-0.2, 0) is 4.79 Å². The molecule has 0 radical (unpaired) electrons. The average molecular weight is 287 g/mol. The van der Waals surface area contributed by atoms with E-state index in [0.29, 0.717) is 12.5 Å². The van der Waals surface area contributed by atoms with Crippen LogP contribution in [0.4, 0.5) is 0 Å². The monoisotopic (exact) mass is 286 g/mol. The summed E-state index contributed by atoms with van der Waals surface area (Å²) in [7, 11) is 0. The van der Waals surface area contributed by atoms with Gasteiger partial charge in [-0.1, -0.05) is 0 Å². The first kappa shape index (κ1) is 19.3. The lowest BCUT2D eigenvalue weighted by Gasteiger charge is -2.36. The third-order valence-electron chi connectivity index (χ3n) is 3.00. The molecule has 0 amide bonds. The van der Waals surface area contributed by atoms with Crippen LogP contribution in [0.2, 0.25) is 0 Å². The van der Waals surface area contributed by atoms with Crippen molar-refractivity contribution in [3.8, 4) is 0 Å². The van der Waals surface area contributed by atoms with Gasteiger partial charge in [0.05, 0.1) is 0 Å². The van der Waals surface area contributed by atoms with Crippen LogP contribution in [0.1, 0.15) is 26.7 Å². The highest BCUT2D eigenvalue weighted by molar-refractivity contribution is 5.85. The zero-order chi connectivity index (χ0) is 11.3. The Hall–Kier alpha value is -0.0300. The van der Waals surface area contributed by atoms with Crippen molar-refractivity contribution in [2.75, 3.05) is 32.7 Å². The number of aliphatic carboxylic acids is 1. The van der Waals surface area contributed by atoms with Crippen molar-refractivity contribution >= 4 is 30.8 Å². The summed E-state index contributed by atoms with van der Waals surface area (Å²) in [6, 6.07) is 0.631. The molecule has 1 fully saturated rings. The fraction of sp³-hybridized carbons (Fsp3) is 0.909. The maximum atomic E-state index is 10.4. The molecule has 0 bridgehead atoms. The Morgan fingerprint density at radius 1 is 1.18 bits per heavy atom. The second-order valence-electron chi connectivity index (χ2n) is 4.47. The molecule has 4 nitrogen and oxygen atoms in total. The van der Waals surface area contributed by atoms with Crippen LogP contribution < -0.4 is 0 Å². The van der Waals surface area contributed by atoms with E-state index in [4.69, 9.17) is 5.11 Å². The van der Waals surface area contributed by atoms with Gasteiger partial charge in [0.2, 0.25) is 0 Å². The van der Waals surface area contributed by atoms with E-state index in [1.54, 1.807) is 0 Å². The molecule has 0 spiro atoms. The van der Waals surface area contributed by atoms with Gasteiger partial charge in [-0.15, -0.1) is 24.8 Å². The molecule has 1 heterocycles. The maximum Gasteiger partial charge on any atom is 0.303 e. The highest BCUT2D eigenvalue weighted by Gasteiger charge is 2.18. The SMILES string of the molecule is CC(C)N1CCN(CCCC(=O)O)CC1.Cl.Cl. The third kappa shape index (κ3) is 7.82. The lowest BCUT2D eigenvalue weighted by Crippen LogP contribution is -2.48. The zero-order valence-electron chi connectivity index (χ0n) is 10.6. The summed E-state index contributed by atoms with van der Waals surface area (Å²) in [5, 5.41) is 8.53. The summed E-state index contributed by atoms with van der Waals surface area (Å²) in [5.74, 6) is -0.684. The summed E-state index contributed by atoms with van der Waals surface area (Å²) in [6.07, 6.45) is 1.07. The molecule has 0 saturated carbocycles. The number of rotatable bonds is 5. The van der Waals surface area contributed by atoms with Crippen LogP contribution in [0.15, 0.2) is 0 Å².